The first-order valence-corrected chi connectivity index (χ1v) is 10.5. The fourth-order valence-electron chi connectivity index (χ4n) is 2.20. The molecule has 0 fully saturated rings. The molecule has 3 unspecified atom stereocenters. The number of nitrogens with one attached hydrogen (secondary N) is 3. The van der Waals surface area contributed by atoms with Crippen molar-refractivity contribution in [2.75, 3.05) is 31.7 Å². The second kappa shape index (κ2) is 15.3. The Kier molecular flexibility index (Phi) is 14.0. The summed E-state index contributed by atoms with van der Waals surface area (Å²) in [5.41, 5.74) is 15.9. The molecule has 0 aliphatic heterocycles. The van der Waals surface area contributed by atoms with E-state index in [9.17, 15) is 19.2 Å². The van der Waals surface area contributed by atoms with E-state index in [0.717, 1.165) is 0 Å². The van der Waals surface area contributed by atoms with Crippen LogP contribution in [0.5, 0.6) is 0 Å². The van der Waals surface area contributed by atoms with Crippen LogP contribution in [0.3, 0.4) is 0 Å². The molecule has 11 N–H and O–H groups in total. The smallest absolute Gasteiger partial charge is 0.322 e. The van der Waals surface area contributed by atoms with Crippen LogP contribution in [0.2, 0.25) is 0 Å². The summed E-state index contributed by atoms with van der Waals surface area (Å²) in [5, 5.41) is 24.9. The Morgan fingerprint density at radius 3 is 2.17 bits per heavy atom. The molecule has 0 rings (SSSR count). The lowest BCUT2D eigenvalue weighted by atomic mass is 10.1. The van der Waals surface area contributed by atoms with Gasteiger partial charge in [-0.15, -0.1) is 0 Å². The molecular weight excluding hydrogens is 418 g/mol. The standard InChI is InChI=1S/C16H31N7O6S/c1-30-6-4-11(22-13(27)9(17)8-24)15(29)23-10(3-2-5-20-16(18)19)14(28)21-7-12(25)26/h9-11,24H,2-8,17H2,1H3,(H,21,28)(H,22,27)(H,23,29)(H,25,26)(H4,18,19,20). The summed E-state index contributed by atoms with van der Waals surface area (Å²) >= 11 is 1.45. The maximum Gasteiger partial charge on any atom is 0.322 e. The Bertz CT molecular complexity index is 615. The number of carboxylic acids is 1. The minimum atomic E-state index is -1.24. The van der Waals surface area contributed by atoms with Gasteiger partial charge in [0.05, 0.1) is 6.61 Å². The maximum absolute atomic E-state index is 12.7. The van der Waals surface area contributed by atoms with E-state index >= 15 is 0 Å². The van der Waals surface area contributed by atoms with Crippen LogP contribution in [0.15, 0.2) is 4.99 Å². The summed E-state index contributed by atoms with van der Waals surface area (Å²) in [6, 6.07) is -3.25. The van der Waals surface area contributed by atoms with Crippen LogP contribution in [-0.2, 0) is 19.2 Å². The number of thioether (sulfide) groups is 1. The fraction of sp³-hybridized carbons (Fsp3) is 0.688. The van der Waals surface area contributed by atoms with E-state index < -0.39 is 55.0 Å². The molecule has 0 saturated heterocycles. The highest BCUT2D eigenvalue weighted by atomic mass is 32.2. The van der Waals surface area contributed by atoms with Crippen molar-refractivity contribution in [1.29, 1.82) is 0 Å². The van der Waals surface area contributed by atoms with Crippen molar-refractivity contribution in [3.8, 4) is 0 Å². The predicted molar refractivity (Wildman–Crippen MR) is 112 cm³/mol. The molecule has 0 saturated carbocycles. The Hall–Kier alpha value is -2.58. The van der Waals surface area contributed by atoms with Crippen molar-refractivity contribution in [2.24, 2.45) is 22.2 Å². The molecule has 0 radical (unpaired) electrons. The van der Waals surface area contributed by atoms with Gasteiger partial charge in [0, 0.05) is 6.54 Å². The Morgan fingerprint density at radius 2 is 1.63 bits per heavy atom. The molecule has 0 spiro atoms. The van der Waals surface area contributed by atoms with Gasteiger partial charge in [0.15, 0.2) is 5.96 Å². The van der Waals surface area contributed by atoms with Crippen LogP contribution in [-0.4, -0.2) is 89.7 Å². The van der Waals surface area contributed by atoms with E-state index in [0.29, 0.717) is 12.2 Å². The number of rotatable bonds is 15. The maximum atomic E-state index is 12.7. The van der Waals surface area contributed by atoms with Gasteiger partial charge in [-0.25, -0.2) is 0 Å². The van der Waals surface area contributed by atoms with Crippen molar-refractivity contribution in [1.82, 2.24) is 16.0 Å². The minimum absolute atomic E-state index is 0.119. The van der Waals surface area contributed by atoms with Crippen LogP contribution in [0.25, 0.3) is 0 Å². The van der Waals surface area contributed by atoms with Crippen LogP contribution in [0.4, 0.5) is 0 Å². The summed E-state index contributed by atoms with van der Waals surface area (Å²) in [5.74, 6) is -2.87. The molecule has 3 amide bonds. The molecule has 0 heterocycles. The molecule has 3 atom stereocenters. The molecule has 0 aromatic heterocycles. The number of nitrogens with two attached hydrogens (primary N) is 3. The molecule has 13 nitrogen and oxygen atoms in total. The van der Waals surface area contributed by atoms with E-state index in [-0.39, 0.29) is 25.3 Å². The van der Waals surface area contributed by atoms with Crippen LogP contribution in [0.1, 0.15) is 19.3 Å². The molecule has 0 bridgehead atoms. The number of aliphatic imine (C=N–C) groups is 1. The third kappa shape index (κ3) is 12.1. The Morgan fingerprint density at radius 1 is 1.03 bits per heavy atom. The highest BCUT2D eigenvalue weighted by Gasteiger charge is 2.27. The van der Waals surface area contributed by atoms with Gasteiger partial charge in [0.25, 0.3) is 0 Å². The third-order valence-electron chi connectivity index (χ3n) is 3.77. The number of aliphatic carboxylic acids is 1. The van der Waals surface area contributed by atoms with Gasteiger partial charge in [-0.05, 0) is 31.3 Å². The lowest BCUT2D eigenvalue weighted by Crippen LogP contribution is -2.56. The topological polar surface area (TPSA) is 235 Å². The Balaban J connectivity index is 5.20. The SMILES string of the molecule is CSCCC(NC(=O)C(N)CO)C(=O)NC(CCCN=C(N)N)C(=O)NCC(=O)O. The lowest BCUT2D eigenvalue weighted by molar-refractivity contribution is -0.138. The minimum Gasteiger partial charge on any atom is -0.480 e. The zero-order valence-corrected chi connectivity index (χ0v) is 17.6. The van der Waals surface area contributed by atoms with Gasteiger partial charge < -0.3 is 43.4 Å². The second-order valence-corrected chi connectivity index (χ2v) is 7.24. The summed E-state index contributed by atoms with van der Waals surface area (Å²) < 4.78 is 0. The molecule has 0 aliphatic carbocycles. The number of carbonyl (C=O) groups excluding carboxylic acids is 3. The summed E-state index contributed by atoms with van der Waals surface area (Å²) in [6.45, 7) is -0.996. The second-order valence-electron chi connectivity index (χ2n) is 6.25. The van der Waals surface area contributed by atoms with Gasteiger partial charge >= 0.3 is 5.97 Å². The number of aliphatic hydroxyl groups excluding tert-OH is 1. The van der Waals surface area contributed by atoms with Crippen molar-refractivity contribution in [3.05, 3.63) is 0 Å². The first-order chi connectivity index (χ1) is 14.1. The van der Waals surface area contributed by atoms with Crippen molar-refractivity contribution in [2.45, 2.75) is 37.4 Å². The molecule has 0 aromatic rings. The lowest BCUT2D eigenvalue weighted by Gasteiger charge is -2.23. The third-order valence-corrected chi connectivity index (χ3v) is 4.41. The average molecular weight is 450 g/mol. The summed E-state index contributed by atoms with van der Waals surface area (Å²) in [4.78, 5) is 51.4. The molecule has 14 heteroatoms. The van der Waals surface area contributed by atoms with Crippen molar-refractivity contribution < 1.29 is 29.4 Å². The van der Waals surface area contributed by atoms with Crippen LogP contribution >= 0.6 is 11.8 Å². The van der Waals surface area contributed by atoms with Gasteiger partial charge in [-0.3, -0.25) is 24.2 Å². The zero-order valence-electron chi connectivity index (χ0n) is 16.8. The van der Waals surface area contributed by atoms with Gasteiger partial charge in [0.2, 0.25) is 17.7 Å². The van der Waals surface area contributed by atoms with E-state index in [1.54, 1.807) is 0 Å². The number of aliphatic hydroxyl groups is 1. The van der Waals surface area contributed by atoms with Crippen molar-refractivity contribution >= 4 is 41.4 Å². The van der Waals surface area contributed by atoms with Crippen LogP contribution in [0, 0.1) is 0 Å². The summed E-state index contributed by atoms with van der Waals surface area (Å²) in [7, 11) is 0. The number of nitrogens with zero attached hydrogens (tertiary/aromatic N) is 1. The number of hydrogen-bond acceptors (Lipinski definition) is 8. The zero-order chi connectivity index (χ0) is 23.1. The van der Waals surface area contributed by atoms with E-state index in [2.05, 4.69) is 20.9 Å². The molecule has 30 heavy (non-hydrogen) atoms. The largest absolute Gasteiger partial charge is 0.480 e. The first kappa shape index (κ1) is 27.4. The van der Waals surface area contributed by atoms with E-state index in [4.69, 9.17) is 27.4 Å². The predicted octanol–water partition coefficient (Wildman–Crippen LogP) is -3.72. The summed E-state index contributed by atoms with van der Waals surface area (Å²) in [6.07, 6.45) is 2.55. The van der Waals surface area contributed by atoms with E-state index in [1.807, 2.05) is 6.26 Å². The number of carbonyl (C=O) groups is 4. The average Bonchev–Trinajstić information content (AvgIpc) is 2.70. The number of amides is 3. The number of carboxylic acid groups (broad SMARTS) is 1. The number of hydrogen-bond donors (Lipinski definition) is 8. The van der Waals surface area contributed by atoms with E-state index in [1.165, 1.54) is 11.8 Å². The molecule has 0 aliphatic rings. The first-order valence-electron chi connectivity index (χ1n) is 9.13. The van der Waals surface area contributed by atoms with Gasteiger partial charge in [0.1, 0.15) is 24.7 Å². The molecule has 172 valence electrons. The number of guanidine groups is 1. The van der Waals surface area contributed by atoms with Gasteiger partial charge in [-0.1, -0.05) is 0 Å². The quantitative estimate of drug-likeness (QED) is 0.0691. The molecule has 0 aromatic carbocycles. The Labute approximate surface area is 178 Å². The van der Waals surface area contributed by atoms with Gasteiger partial charge in [-0.2, -0.15) is 11.8 Å². The normalized spacial score (nSPS) is 13.4. The fourth-order valence-corrected chi connectivity index (χ4v) is 2.67. The van der Waals surface area contributed by atoms with Crippen LogP contribution < -0.4 is 33.2 Å². The van der Waals surface area contributed by atoms with Crippen molar-refractivity contribution in [3.63, 3.8) is 0 Å². The molecular formula is C16H31N7O6S. The monoisotopic (exact) mass is 449 g/mol. The highest BCUT2D eigenvalue weighted by molar-refractivity contribution is 7.98. The highest BCUT2D eigenvalue weighted by Crippen LogP contribution is 2.05.